The number of rotatable bonds is 5. The maximum absolute atomic E-state index is 12.1. The molecule has 0 unspecified atom stereocenters. The Balaban J connectivity index is 1.70. The van der Waals surface area contributed by atoms with Crippen molar-refractivity contribution in [3.63, 3.8) is 0 Å². The first kappa shape index (κ1) is 14.2. The predicted octanol–water partition coefficient (Wildman–Crippen LogP) is 3.71. The summed E-state index contributed by atoms with van der Waals surface area (Å²) in [5, 5.41) is 0. The van der Waals surface area contributed by atoms with E-state index in [0.717, 1.165) is 17.1 Å². The van der Waals surface area contributed by atoms with Crippen LogP contribution >= 0.6 is 0 Å². The summed E-state index contributed by atoms with van der Waals surface area (Å²) in [6, 6.07) is 12.7. The molecular formula is C18H16O4. The van der Waals surface area contributed by atoms with Gasteiger partial charge < -0.3 is 14.2 Å². The number of allylic oxidation sites excluding steroid dienone is 1. The van der Waals surface area contributed by atoms with Crippen LogP contribution in [0.2, 0.25) is 0 Å². The summed E-state index contributed by atoms with van der Waals surface area (Å²) in [4.78, 5) is 12.1. The Labute approximate surface area is 128 Å². The number of ketones is 1. The van der Waals surface area contributed by atoms with E-state index in [2.05, 4.69) is 0 Å². The lowest BCUT2D eigenvalue weighted by atomic mass is 10.1. The summed E-state index contributed by atoms with van der Waals surface area (Å²) in [6.45, 7) is 2.78. The van der Waals surface area contributed by atoms with Gasteiger partial charge in [-0.05, 0) is 55.0 Å². The third-order valence-electron chi connectivity index (χ3n) is 3.27. The van der Waals surface area contributed by atoms with E-state index >= 15 is 0 Å². The third-order valence-corrected chi connectivity index (χ3v) is 3.27. The Hall–Kier alpha value is -2.75. The number of fused-ring (bicyclic) bond motifs is 1. The van der Waals surface area contributed by atoms with Crippen LogP contribution in [-0.4, -0.2) is 19.2 Å². The molecule has 112 valence electrons. The third kappa shape index (κ3) is 3.11. The zero-order valence-corrected chi connectivity index (χ0v) is 12.2. The Morgan fingerprint density at radius 3 is 2.68 bits per heavy atom. The van der Waals surface area contributed by atoms with Crippen LogP contribution in [0, 0.1) is 0 Å². The normalized spacial score (nSPS) is 12.6. The Kier molecular flexibility index (Phi) is 4.10. The second-order valence-electron chi connectivity index (χ2n) is 4.77. The van der Waals surface area contributed by atoms with E-state index in [1.807, 2.05) is 25.1 Å². The molecule has 0 spiro atoms. The minimum atomic E-state index is -0.0549. The molecule has 0 N–H and O–H groups in total. The topological polar surface area (TPSA) is 44.8 Å². The second kappa shape index (κ2) is 6.35. The molecule has 1 heterocycles. The monoisotopic (exact) mass is 296 g/mol. The molecule has 4 heteroatoms. The van der Waals surface area contributed by atoms with Crippen molar-refractivity contribution in [3.05, 3.63) is 59.7 Å². The van der Waals surface area contributed by atoms with Crippen LogP contribution < -0.4 is 14.2 Å². The summed E-state index contributed by atoms with van der Waals surface area (Å²) in [5.74, 6) is 2.14. The molecule has 0 fully saturated rings. The number of ether oxygens (including phenoxy) is 3. The fourth-order valence-corrected chi connectivity index (χ4v) is 2.17. The van der Waals surface area contributed by atoms with Gasteiger partial charge >= 0.3 is 0 Å². The van der Waals surface area contributed by atoms with E-state index in [9.17, 15) is 4.79 Å². The van der Waals surface area contributed by atoms with Gasteiger partial charge in [0.1, 0.15) is 5.75 Å². The minimum Gasteiger partial charge on any atom is -0.494 e. The molecule has 0 aromatic heterocycles. The molecule has 0 radical (unpaired) electrons. The number of carbonyl (C=O) groups is 1. The molecule has 0 bridgehead atoms. The van der Waals surface area contributed by atoms with Gasteiger partial charge in [-0.15, -0.1) is 0 Å². The molecule has 2 aromatic carbocycles. The van der Waals surface area contributed by atoms with Gasteiger partial charge in [0, 0.05) is 5.56 Å². The smallest absolute Gasteiger partial charge is 0.231 e. The highest BCUT2D eigenvalue weighted by molar-refractivity contribution is 6.06. The summed E-state index contributed by atoms with van der Waals surface area (Å²) < 4.78 is 15.9. The van der Waals surface area contributed by atoms with Crippen LogP contribution in [-0.2, 0) is 0 Å². The van der Waals surface area contributed by atoms with Crippen LogP contribution in [0.15, 0.2) is 48.5 Å². The van der Waals surface area contributed by atoms with Gasteiger partial charge in [-0.3, -0.25) is 4.79 Å². The molecule has 0 amide bonds. The molecule has 1 aliphatic rings. The van der Waals surface area contributed by atoms with Crippen molar-refractivity contribution in [3.8, 4) is 17.2 Å². The standard InChI is InChI=1S/C18H16O4/c1-2-20-15-7-5-14(6-8-15)16(19)9-3-13-4-10-17-18(11-13)22-12-21-17/h3-11H,2,12H2,1H3/b9-3+. The number of benzene rings is 2. The van der Waals surface area contributed by atoms with Gasteiger partial charge in [-0.25, -0.2) is 0 Å². The zero-order chi connectivity index (χ0) is 15.4. The lowest BCUT2D eigenvalue weighted by Crippen LogP contribution is -1.95. The van der Waals surface area contributed by atoms with Crippen molar-refractivity contribution in [1.29, 1.82) is 0 Å². The molecule has 0 saturated carbocycles. The van der Waals surface area contributed by atoms with E-state index < -0.39 is 0 Å². The lowest BCUT2D eigenvalue weighted by Gasteiger charge is -2.03. The average molecular weight is 296 g/mol. The quantitative estimate of drug-likeness (QED) is 0.623. The molecule has 22 heavy (non-hydrogen) atoms. The van der Waals surface area contributed by atoms with Crippen molar-refractivity contribution in [1.82, 2.24) is 0 Å². The van der Waals surface area contributed by atoms with Crippen LogP contribution in [0.25, 0.3) is 6.08 Å². The molecular weight excluding hydrogens is 280 g/mol. The van der Waals surface area contributed by atoms with Crippen LogP contribution in [0.1, 0.15) is 22.8 Å². The number of hydrogen-bond donors (Lipinski definition) is 0. The van der Waals surface area contributed by atoms with Gasteiger partial charge in [0.25, 0.3) is 0 Å². The molecule has 0 saturated heterocycles. The maximum Gasteiger partial charge on any atom is 0.231 e. The van der Waals surface area contributed by atoms with Crippen LogP contribution in [0.3, 0.4) is 0 Å². The molecule has 3 rings (SSSR count). The summed E-state index contributed by atoms with van der Waals surface area (Å²) in [7, 11) is 0. The van der Waals surface area contributed by atoms with Crippen molar-refractivity contribution in [2.75, 3.05) is 13.4 Å². The zero-order valence-electron chi connectivity index (χ0n) is 12.2. The number of carbonyl (C=O) groups excluding carboxylic acids is 1. The van der Waals surface area contributed by atoms with Crippen molar-refractivity contribution >= 4 is 11.9 Å². The van der Waals surface area contributed by atoms with Gasteiger partial charge in [0.15, 0.2) is 17.3 Å². The second-order valence-corrected chi connectivity index (χ2v) is 4.77. The molecule has 4 nitrogen and oxygen atoms in total. The highest BCUT2D eigenvalue weighted by Crippen LogP contribution is 2.32. The lowest BCUT2D eigenvalue weighted by molar-refractivity contribution is 0.104. The van der Waals surface area contributed by atoms with E-state index in [-0.39, 0.29) is 12.6 Å². The molecule has 2 aromatic rings. The van der Waals surface area contributed by atoms with Gasteiger partial charge in [0.2, 0.25) is 6.79 Å². The van der Waals surface area contributed by atoms with E-state index in [4.69, 9.17) is 14.2 Å². The van der Waals surface area contributed by atoms with E-state index in [1.165, 1.54) is 0 Å². The van der Waals surface area contributed by atoms with Crippen molar-refractivity contribution in [2.24, 2.45) is 0 Å². The number of hydrogen-bond acceptors (Lipinski definition) is 4. The Morgan fingerprint density at radius 2 is 1.91 bits per heavy atom. The van der Waals surface area contributed by atoms with Gasteiger partial charge in [-0.1, -0.05) is 12.1 Å². The van der Waals surface area contributed by atoms with Crippen LogP contribution in [0.5, 0.6) is 17.2 Å². The molecule has 1 aliphatic heterocycles. The highest BCUT2D eigenvalue weighted by atomic mass is 16.7. The summed E-state index contributed by atoms with van der Waals surface area (Å²) >= 11 is 0. The van der Waals surface area contributed by atoms with Crippen molar-refractivity contribution < 1.29 is 19.0 Å². The maximum atomic E-state index is 12.1. The van der Waals surface area contributed by atoms with E-state index in [1.54, 1.807) is 36.4 Å². The molecule has 0 aliphatic carbocycles. The van der Waals surface area contributed by atoms with Gasteiger partial charge in [-0.2, -0.15) is 0 Å². The Morgan fingerprint density at radius 1 is 1.14 bits per heavy atom. The SMILES string of the molecule is CCOc1ccc(C(=O)/C=C/c2ccc3c(c2)OCO3)cc1. The summed E-state index contributed by atoms with van der Waals surface area (Å²) in [6.07, 6.45) is 3.31. The van der Waals surface area contributed by atoms with E-state index in [0.29, 0.717) is 17.9 Å². The average Bonchev–Trinajstić information content (AvgIpc) is 3.01. The highest BCUT2D eigenvalue weighted by Gasteiger charge is 2.12. The van der Waals surface area contributed by atoms with Crippen molar-refractivity contribution in [2.45, 2.75) is 6.92 Å². The fraction of sp³-hybridized carbons (Fsp3) is 0.167. The van der Waals surface area contributed by atoms with Gasteiger partial charge in [0.05, 0.1) is 6.61 Å². The Bertz CT molecular complexity index is 702. The largest absolute Gasteiger partial charge is 0.494 e. The minimum absolute atomic E-state index is 0.0549. The first-order chi connectivity index (χ1) is 10.8. The fourth-order valence-electron chi connectivity index (χ4n) is 2.17. The first-order valence-electron chi connectivity index (χ1n) is 7.11. The predicted molar refractivity (Wildman–Crippen MR) is 83.5 cm³/mol. The summed E-state index contributed by atoms with van der Waals surface area (Å²) in [5.41, 5.74) is 1.52. The van der Waals surface area contributed by atoms with Crippen LogP contribution in [0.4, 0.5) is 0 Å². The first-order valence-corrected chi connectivity index (χ1v) is 7.11. The molecule has 0 atom stereocenters.